The molecule has 3 amide bonds. The minimum Gasteiger partial charge on any atom is -0.339 e. The number of nitrogens with zero attached hydrogens (tertiary/aromatic N) is 6. The van der Waals surface area contributed by atoms with Gasteiger partial charge in [-0.2, -0.15) is 18.3 Å². The van der Waals surface area contributed by atoms with Crippen molar-refractivity contribution in [2.45, 2.75) is 37.9 Å². The molecule has 3 aromatic rings. The molecule has 6 rings (SSSR count). The Balaban J connectivity index is 0.00000451. The van der Waals surface area contributed by atoms with Crippen molar-refractivity contribution in [1.82, 2.24) is 34.4 Å². The normalized spacial score (nSPS) is 19.5. The first-order valence-corrected chi connectivity index (χ1v) is 15.5. The van der Waals surface area contributed by atoms with Gasteiger partial charge in [-0.25, -0.2) is 13.8 Å². The number of nitrogens with one attached hydrogen (secondary N) is 2. The Morgan fingerprint density at radius 3 is 2.33 bits per heavy atom. The summed E-state index contributed by atoms with van der Waals surface area (Å²) in [4.78, 5) is 46.6. The molecular weight excluding hydrogens is 686 g/mol. The van der Waals surface area contributed by atoms with Crippen molar-refractivity contribution >= 4 is 47.4 Å². The Labute approximate surface area is 283 Å². The molecular formula is C30H33Cl2F5N8O3. The summed E-state index contributed by atoms with van der Waals surface area (Å²) in [5.74, 6) is -5.22. The predicted molar refractivity (Wildman–Crippen MR) is 167 cm³/mol. The largest absolute Gasteiger partial charge is 0.435 e. The number of piperidine rings is 1. The van der Waals surface area contributed by atoms with E-state index in [0.717, 1.165) is 47.6 Å². The van der Waals surface area contributed by atoms with Gasteiger partial charge in [-0.1, -0.05) is 11.6 Å². The van der Waals surface area contributed by atoms with E-state index in [1.807, 2.05) is 0 Å². The Bertz CT molecular complexity index is 1700. The van der Waals surface area contributed by atoms with E-state index in [0.29, 0.717) is 26.2 Å². The van der Waals surface area contributed by atoms with Crippen LogP contribution in [-0.4, -0.2) is 92.0 Å². The molecule has 1 saturated carbocycles. The lowest BCUT2D eigenvalue weighted by molar-refractivity contribution is -0.141. The van der Waals surface area contributed by atoms with E-state index in [4.69, 9.17) is 11.6 Å². The fourth-order valence-corrected chi connectivity index (χ4v) is 6.32. The van der Waals surface area contributed by atoms with Crippen molar-refractivity contribution in [3.63, 3.8) is 0 Å². The van der Waals surface area contributed by atoms with Crippen LogP contribution in [0.2, 0.25) is 5.02 Å². The van der Waals surface area contributed by atoms with Crippen molar-refractivity contribution < 1.29 is 36.3 Å². The molecule has 2 aromatic heterocycles. The van der Waals surface area contributed by atoms with Crippen molar-refractivity contribution in [3.8, 4) is 11.3 Å². The highest BCUT2D eigenvalue weighted by atomic mass is 35.5. The molecule has 2 saturated heterocycles. The Kier molecular flexibility index (Phi) is 10.1. The summed E-state index contributed by atoms with van der Waals surface area (Å²) in [5, 5.41) is 9.42. The minimum absolute atomic E-state index is 0. The lowest BCUT2D eigenvalue weighted by atomic mass is 9.96. The summed E-state index contributed by atoms with van der Waals surface area (Å²) in [6.45, 7) is 2.81. The molecule has 2 N–H and O–H groups in total. The number of benzene rings is 1. The molecule has 1 atom stereocenters. The second-order valence-corrected chi connectivity index (χ2v) is 12.5. The smallest absolute Gasteiger partial charge is 0.339 e. The summed E-state index contributed by atoms with van der Waals surface area (Å²) < 4.78 is 70.2. The lowest BCUT2D eigenvalue weighted by Crippen LogP contribution is -2.52. The summed E-state index contributed by atoms with van der Waals surface area (Å²) in [7, 11) is 1.35. The topological polar surface area (TPSA) is 117 Å². The van der Waals surface area contributed by atoms with Gasteiger partial charge in [0.1, 0.15) is 0 Å². The molecule has 3 aliphatic rings. The summed E-state index contributed by atoms with van der Waals surface area (Å²) in [5.41, 5.74) is -1.35. The van der Waals surface area contributed by atoms with Gasteiger partial charge in [0, 0.05) is 69.9 Å². The van der Waals surface area contributed by atoms with Gasteiger partial charge in [0.25, 0.3) is 17.7 Å². The SMILES string of the molecule is Cl.Cn1c(-c2cn(CC3CC3(F)F)nc2C(F)(F)F)cnc1C(=O)Nc1ccc(C(=O)N2CCN(C(=O)C3CCNCC3)CC2)c(Cl)c1. The van der Waals surface area contributed by atoms with E-state index in [1.54, 1.807) is 9.80 Å². The molecule has 1 aliphatic carbocycles. The van der Waals surface area contributed by atoms with Crippen LogP contribution < -0.4 is 10.6 Å². The van der Waals surface area contributed by atoms with Gasteiger partial charge < -0.3 is 25.0 Å². The van der Waals surface area contributed by atoms with Gasteiger partial charge in [-0.15, -0.1) is 12.4 Å². The fourth-order valence-electron chi connectivity index (χ4n) is 6.06. The van der Waals surface area contributed by atoms with E-state index < -0.39 is 41.6 Å². The number of rotatable bonds is 7. The summed E-state index contributed by atoms with van der Waals surface area (Å²) in [6.07, 6.45) is -1.60. The zero-order valence-electron chi connectivity index (χ0n) is 25.7. The predicted octanol–water partition coefficient (Wildman–Crippen LogP) is 4.57. The van der Waals surface area contributed by atoms with Crippen LogP contribution in [0.4, 0.5) is 27.6 Å². The van der Waals surface area contributed by atoms with Crippen LogP contribution in [0.25, 0.3) is 11.3 Å². The molecule has 1 aromatic carbocycles. The number of carbonyl (C=O) groups excluding carboxylic acids is 3. The molecule has 48 heavy (non-hydrogen) atoms. The van der Waals surface area contributed by atoms with Crippen molar-refractivity contribution in [2.24, 2.45) is 18.9 Å². The van der Waals surface area contributed by atoms with Crippen LogP contribution in [0.5, 0.6) is 0 Å². The van der Waals surface area contributed by atoms with Crippen molar-refractivity contribution in [2.75, 3.05) is 44.6 Å². The van der Waals surface area contributed by atoms with E-state index in [9.17, 15) is 36.3 Å². The van der Waals surface area contributed by atoms with Crippen LogP contribution in [0.15, 0.2) is 30.6 Å². The van der Waals surface area contributed by atoms with Gasteiger partial charge in [-0.3, -0.25) is 19.1 Å². The molecule has 1 unspecified atom stereocenters. The van der Waals surface area contributed by atoms with E-state index in [-0.39, 0.29) is 64.5 Å². The number of imidazole rings is 1. The van der Waals surface area contributed by atoms with Gasteiger partial charge >= 0.3 is 6.18 Å². The average molecular weight is 720 g/mol. The number of alkyl halides is 5. The Morgan fingerprint density at radius 1 is 1.08 bits per heavy atom. The number of hydrogen-bond acceptors (Lipinski definition) is 6. The third kappa shape index (κ3) is 7.29. The fraction of sp³-hybridized carbons (Fsp3) is 0.500. The molecule has 2 aliphatic heterocycles. The summed E-state index contributed by atoms with van der Waals surface area (Å²) >= 11 is 6.44. The zero-order chi connectivity index (χ0) is 33.7. The van der Waals surface area contributed by atoms with Gasteiger partial charge in [0.15, 0.2) is 11.5 Å². The monoisotopic (exact) mass is 718 g/mol. The molecule has 260 valence electrons. The summed E-state index contributed by atoms with van der Waals surface area (Å²) in [6, 6.07) is 4.31. The van der Waals surface area contributed by atoms with Gasteiger partial charge in [0.05, 0.1) is 28.0 Å². The minimum atomic E-state index is -4.88. The first kappa shape index (κ1) is 35.5. The number of amides is 3. The number of anilines is 1. The highest BCUT2D eigenvalue weighted by molar-refractivity contribution is 6.34. The highest BCUT2D eigenvalue weighted by Gasteiger charge is 2.57. The second kappa shape index (κ2) is 13.6. The molecule has 18 heteroatoms. The van der Waals surface area contributed by atoms with E-state index >= 15 is 0 Å². The maximum absolute atomic E-state index is 13.8. The molecule has 0 bridgehead atoms. The molecule has 0 spiro atoms. The molecule has 11 nitrogen and oxygen atoms in total. The van der Waals surface area contributed by atoms with E-state index in [2.05, 4.69) is 20.7 Å². The first-order valence-electron chi connectivity index (χ1n) is 15.2. The van der Waals surface area contributed by atoms with Crippen LogP contribution in [0.1, 0.15) is 45.9 Å². The lowest BCUT2D eigenvalue weighted by Gasteiger charge is -2.37. The Morgan fingerprint density at radius 2 is 1.73 bits per heavy atom. The number of carbonyl (C=O) groups is 3. The molecule has 4 heterocycles. The number of hydrogen-bond donors (Lipinski definition) is 2. The van der Waals surface area contributed by atoms with Crippen LogP contribution in [0, 0.1) is 11.8 Å². The zero-order valence-corrected chi connectivity index (χ0v) is 27.3. The van der Waals surface area contributed by atoms with Gasteiger partial charge in [0.2, 0.25) is 5.91 Å². The van der Waals surface area contributed by atoms with Gasteiger partial charge in [-0.05, 0) is 44.1 Å². The highest BCUT2D eigenvalue weighted by Crippen LogP contribution is 2.49. The number of aromatic nitrogens is 4. The van der Waals surface area contributed by atoms with Crippen LogP contribution in [0.3, 0.4) is 0 Å². The van der Waals surface area contributed by atoms with Crippen molar-refractivity contribution in [3.05, 3.63) is 52.7 Å². The maximum atomic E-state index is 13.8. The standard InChI is InChI=1S/C30H32ClF5N8O3.ClH/c1-41-23(21-16-44(15-18-13-29(18,32)33)40-24(21)30(34,35)36)14-38-25(41)26(45)39-19-2-3-20(22(31)12-19)28(47)43-10-8-42(9-11-43)27(46)17-4-6-37-7-5-17;/h2-3,12,14,16-18,37H,4-11,13,15H2,1H3,(H,39,45);1H. The Hall–Kier alpha value is -3.76. The number of halogens is 7. The van der Waals surface area contributed by atoms with Crippen LogP contribution >= 0.6 is 24.0 Å². The first-order chi connectivity index (χ1) is 22.2. The molecule has 0 radical (unpaired) electrons. The average Bonchev–Trinajstić information content (AvgIpc) is 3.32. The second-order valence-electron chi connectivity index (χ2n) is 12.1. The quantitative estimate of drug-likeness (QED) is 0.346. The maximum Gasteiger partial charge on any atom is 0.435 e. The third-order valence-corrected chi connectivity index (χ3v) is 9.20. The third-order valence-electron chi connectivity index (χ3n) is 8.88. The van der Waals surface area contributed by atoms with Crippen LogP contribution in [-0.2, 0) is 24.6 Å². The molecule has 3 fully saturated rings. The van der Waals surface area contributed by atoms with Crippen molar-refractivity contribution in [1.29, 1.82) is 0 Å². The number of piperazine rings is 1. The van der Waals surface area contributed by atoms with E-state index in [1.165, 1.54) is 25.2 Å².